The smallest absolute Gasteiger partial charge is 0.391 e. The Kier molecular flexibility index (Phi) is 7.74. The van der Waals surface area contributed by atoms with Gasteiger partial charge in [-0.05, 0) is 67.7 Å². The predicted molar refractivity (Wildman–Crippen MR) is 108 cm³/mol. The lowest BCUT2D eigenvalue weighted by Crippen LogP contribution is -2.43. The molecule has 1 aromatic carbocycles. The van der Waals surface area contributed by atoms with Gasteiger partial charge in [0.2, 0.25) is 0 Å². The number of benzene rings is 1. The Bertz CT molecular complexity index is 690. The summed E-state index contributed by atoms with van der Waals surface area (Å²) in [5, 5.41) is 16.3. The molecule has 0 aliphatic heterocycles. The van der Waals surface area contributed by atoms with Gasteiger partial charge in [-0.3, -0.25) is 4.79 Å². The predicted octanol–water partition coefficient (Wildman–Crippen LogP) is 4.30. The number of alkyl halides is 3. The second kappa shape index (κ2) is 9.47. The summed E-state index contributed by atoms with van der Waals surface area (Å²) < 4.78 is 38.8. The highest BCUT2D eigenvalue weighted by atomic mass is 19.4. The molecule has 1 saturated carbocycles. The molecule has 1 aliphatic rings. The zero-order valence-corrected chi connectivity index (χ0v) is 17.7. The first-order valence-corrected chi connectivity index (χ1v) is 10.2. The topological polar surface area (TPSA) is 61.4 Å². The van der Waals surface area contributed by atoms with Gasteiger partial charge in [-0.15, -0.1) is 0 Å². The van der Waals surface area contributed by atoms with Crippen LogP contribution in [0.4, 0.5) is 13.2 Å². The fraction of sp³-hybridized carbons (Fsp3) is 0.682. The van der Waals surface area contributed by atoms with E-state index < -0.39 is 23.8 Å². The lowest BCUT2D eigenvalue weighted by molar-refractivity contribution is -0.137. The summed E-state index contributed by atoms with van der Waals surface area (Å²) in [5.41, 5.74) is -0.500. The van der Waals surface area contributed by atoms with Crippen LogP contribution >= 0.6 is 0 Å². The van der Waals surface area contributed by atoms with Gasteiger partial charge in [0.05, 0.1) is 11.7 Å². The minimum atomic E-state index is -4.47. The van der Waals surface area contributed by atoms with Crippen molar-refractivity contribution in [2.75, 3.05) is 13.1 Å². The van der Waals surface area contributed by atoms with Gasteiger partial charge in [0.15, 0.2) is 0 Å². The maximum Gasteiger partial charge on any atom is 0.416 e. The molecule has 1 atom stereocenters. The average molecular weight is 415 g/mol. The third kappa shape index (κ3) is 7.30. The highest BCUT2D eigenvalue weighted by molar-refractivity contribution is 5.94. The van der Waals surface area contributed by atoms with E-state index in [1.807, 2.05) is 20.8 Å². The number of hydrogen-bond donors (Lipinski definition) is 3. The molecule has 0 spiro atoms. The summed E-state index contributed by atoms with van der Waals surface area (Å²) in [7, 11) is 0. The molecular weight excluding hydrogens is 381 g/mol. The van der Waals surface area contributed by atoms with Gasteiger partial charge in [0.1, 0.15) is 0 Å². The van der Waals surface area contributed by atoms with Crippen LogP contribution in [0.1, 0.15) is 67.9 Å². The third-order valence-electron chi connectivity index (χ3n) is 5.66. The Morgan fingerprint density at radius 2 is 1.76 bits per heavy atom. The van der Waals surface area contributed by atoms with Gasteiger partial charge in [-0.1, -0.05) is 20.8 Å². The van der Waals surface area contributed by atoms with Crippen molar-refractivity contribution in [3.63, 3.8) is 0 Å². The molecule has 0 saturated heterocycles. The first-order chi connectivity index (χ1) is 13.4. The highest BCUT2D eigenvalue weighted by Gasteiger charge is 2.31. The number of aliphatic hydroxyl groups excluding tert-OH is 1. The molecule has 1 aliphatic carbocycles. The molecule has 0 heterocycles. The standard InChI is InChI=1S/C22H33F3N2O2/c1-14-9-16(11-17(10-14)22(23,24)25)20(29)27-12-15-5-7-18(8-6-15)26-13-19(28)21(2,3)4/h9-11,15,18-19,26,28H,5-8,12-13H2,1-4H3,(H,27,29)/t15-,18+,19?. The van der Waals surface area contributed by atoms with E-state index >= 15 is 0 Å². The van der Waals surface area contributed by atoms with Crippen molar-refractivity contribution in [1.29, 1.82) is 0 Å². The molecule has 2 rings (SSSR count). The summed E-state index contributed by atoms with van der Waals surface area (Å²) in [6, 6.07) is 3.78. The van der Waals surface area contributed by atoms with E-state index in [2.05, 4.69) is 10.6 Å². The molecule has 1 aromatic rings. The molecule has 164 valence electrons. The lowest BCUT2D eigenvalue weighted by Gasteiger charge is -2.32. The van der Waals surface area contributed by atoms with Gasteiger partial charge < -0.3 is 15.7 Å². The van der Waals surface area contributed by atoms with Crippen LogP contribution in [0.2, 0.25) is 0 Å². The van der Waals surface area contributed by atoms with Gasteiger partial charge in [-0.2, -0.15) is 13.2 Å². The molecule has 0 bridgehead atoms. The fourth-order valence-corrected chi connectivity index (χ4v) is 3.57. The lowest BCUT2D eigenvalue weighted by atomic mass is 9.85. The van der Waals surface area contributed by atoms with E-state index in [1.54, 1.807) is 6.92 Å². The van der Waals surface area contributed by atoms with E-state index in [1.165, 1.54) is 6.07 Å². The summed E-state index contributed by atoms with van der Waals surface area (Å²) in [6.07, 6.45) is -1.08. The van der Waals surface area contributed by atoms with Crippen molar-refractivity contribution >= 4 is 5.91 Å². The molecule has 4 nitrogen and oxygen atoms in total. The van der Waals surface area contributed by atoms with Gasteiger partial charge >= 0.3 is 6.18 Å². The van der Waals surface area contributed by atoms with Gasteiger partial charge in [0, 0.05) is 24.7 Å². The maximum absolute atomic E-state index is 12.9. The quantitative estimate of drug-likeness (QED) is 0.651. The second-order valence-corrected chi connectivity index (χ2v) is 9.30. The number of hydrogen-bond acceptors (Lipinski definition) is 3. The number of halogens is 3. The molecule has 1 unspecified atom stereocenters. The molecule has 29 heavy (non-hydrogen) atoms. The number of rotatable bonds is 6. The summed E-state index contributed by atoms with van der Waals surface area (Å²) in [4.78, 5) is 12.3. The first kappa shape index (κ1) is 23.7. The van der Waals surface area contributed by atoms with E-state index in [9.17, 15) is 23.1 Å². The number of carbonyl (C=O) groups is 1. The molecule has 0 aromatic heterocycles. The van der Waals surface area contributed by atoms with Crippen LogP contribution in [0.5, 0.6) is 0 Å². The number of aryl methyl sites for hydroxylation is 1. The van der Waals surface area contributed by atoms with Crippen molar-refractivity contribution < 1.29 is 23.1 Å². The third-order valence-corrected chi connectivity index (χ3v) is 5.66. The van der Waals surface area contributed by atoms with Crippen LogP contribution in [-0.2, 0) is 6.18 Å². The average Bonchev–Trinajstić information content (AvgIpc) is 2.63. The SMILES string of the molecule is Cc1cc(C(=O)NC[C@H]2CC[C@@H](NCC(O)C(C)(C)C)CC2)cc(C(F)(F)F)c1. The van der Waals surface area contributed by atoms with Crippen LogP contribution in [0, 0.1) is 18.3 Å². The number of aliphatic hydroxyl groups is 1. The highest BCUT2D eigenvalue weighted by Crippen LogP contribution is 2.31. The Balaban J connectivity index is 1.79. The number of amides is 1. The minimum absolute atomic E-state index is 0.0452. The summed E-state index contributed by atoms with van der Waals surface area (Å²) >= 11 is 0. The van der Waals surface area contributed by atoms with E-state index in [0.717, 1.165) is 37.8 Å². The van der Waals surface area contributed by atoms with E-state index in [-0.39, 0.29) is 11.0 Å². The number of nitrogens with one attached hydrogen (secondary N) is 2. The monoisotopic (exact) mass is 414 g/mol. The normalized spacial score (nSPS) is 21.7. The Labute approximate surface area is 171 Å². The van der Waals surface area contributed by atoms with Crippen molar-refractivity contribution in [1.82, 2.24) is 10.6 Å². The minimum Gasteiger partial charge on any atom is -0.391 e. The van der Waals surface area contributed by atoms with Crippen molar-refractivity contribution in [3.8, 4) is 0 Å². The largest absolute Gasteiger partial charge is 0.416 e. The zero-order chi connectivity index (χ0) is 21.8. The molecule has 0 radical (unpaired) electrons. The zero-order valence-electron chi connectivity index (χ0n) is 17.7. The van der Waals surface area contributed by atoms with Crippen LogP contribution in [0.3, 0.4) is 0 Å². The second-order valence-electron chi connectivity index (χ2n) is 9.30. The van der Waals surface area contributed by atoms with Crippen molar-refractivity contribution in [3.05, 3.63) is 34.9 Å². The van der Waals surface area contributed by atoms with Crippen molar-refractivity contribution in [2.24, 2.45) is 11.3 Å². The fourth-order valence-electron chi connectivity index (χ4n) is 3.57. The van der Waals surface area contributed by atoms with Crippen LogP contribution in [0.25, 0.3) is 0 Å². The molecule has 3 N–H and O–H groups in total. The van der Waals surface area contributed by atoms with E-state index in [4.69, 9.17) is 0 Å². The Morgan fingerprint density at radius 1 is 1.14 bits per heavy atom. The summed E-state index contributed by atoms with van der Waals surface area (Å²) in [6.45, 7) is 8.59. The summed E-state index contributed by atoms with van der Waals surface area (Å²) in [5.74, 6) is -0.149. The first-order valence-electron chi connectivity index (χ1n) is 10.2. The Hall–Kier alpha value is -1.60. The van der Waals surface area contributed by atoms with Crippen LogP contribution in [0.15, 0.2) is 18.2 Å². The van der Waals surface area contributed by atoms with Crippen LogP contribution in [-0.4, -0.2) is 36.2 Å². The maximum atomic E-state index is 12.9. The van der Waals surface area contributed by atoms with Gasteiger partial charge in [-0.25, -0.2) is 0 Å². The van der Waals surface area contributed by atoms with Crippen LogP contribution < -0.4 is 10.6 Å². The molecule has 7 heteroatoms. The van der Waals surface area contributed by atoms with E-state index in [0.29, 0.717) is 30.6 Å². The Morgan fingerprint density at radius 3 is 2.31 bits per heavy atom. The molecule has 1 amide bonds. The van der Waals surface area contributed by atoms with Gasteiger partial charge in [0.25, 0.3) is 5.91 Å². The molecule has 1 fully saturated rings. The van der Waals surface area contributed by atoms with Crippen molar-refractivity contribution in [2.45, 2.75) is 71.7 Å². The molecular formula is C22H33F3N2O2. The number of carbonyl (C=O) groups excluding carboxylic acids is 1.